The smallest absolute Gasteiger partial charge is 0.251 e. The SMILES string of the molecule is Cc1ccc(C(=O)NC2CCN(c3cc(-c4ccccc4)[nH]n3)C2)cc1. The second-order valence-corrected chi connectivity index (χ2v) is 6.78. The van der Waals surface area contributed by atoms with Crippen molar-refractivity contribution >= 4 is 11.7 Å². The Morgan fingerprint density at radius 2 is 1.92 bits per heavy atom. The van der Waals surface area contributed by atoms with Crippen molar-refractivity contribution in [3.8, 4) is 11.3 Å². The van der Waals surface area contributed by atoms with E-state index in [0.717, 1.165) is 42.1 Å². The van der Waals surface area contributed by atoms with Gasteiger partial charge in [-0.2, -0.15) is 5.10 Å². The molecule has 1 aliphatic heterocycles. The molecule has 132 valence electrons. The number of hydrogen-bond donors (Lipinski definition) is 2. The summed E-state index contributed by atoms with van der Waals surface area (Å²) in [6, 6.07) is 20.0. The predicted octanol–water partition coefficient (Wildman–Crippen LogP) is 3.39. The fourth-order valence-electron chi connectivity index (χ4n) is 3.30. The molecule has 0 aliphatic carbocycles. The molecule has 1 unspecified atom stereocenters. The van der Waals surface area contributed by atoms with Gasteiger partial charge in [-0.1, -0.05) is 48.0 Å². The average molecular weight is 346 g/mol. The monoisotopic (exact) mass is 346 g/mol. The number of rotatable bonds is 4. The molecule has 2 heterocycles. The quantitative estimate of drug-likeness (QED) is 0.761. The van der Waals surface area contributed by atoms with Crippen LogP contribution in [0.4, 0.5) is 5.82 Å². The Morgan fingerprint density at radius 1 is 1.15 bits per heavy atom. The van der Waals surface area contributed by atoms with Crippen LogP contribution in [-0.4, -0.2) is 35.2 Å². The number of aromatic nitrogens is 2. The first-order valence-corrected chi connectivity index (χ1v) is 8.92. The van der Waals surface area contributed by atoms with Crippen LogP contribution in [0.5, 0.6) is 0 Å². The Balaban J connectivity index is 1.39. The number of benzene rings is 2. The number of hydrogen-bond acceptors (Lipinski definition) is 3. The number of H-pyrrole nitrogens is 1. The zero-order valence-corrected chi connectivity index (χ0v) is 14.8. The highest BCUT2D eigenvalue weighted by molar-refractivity contribution is 5.94. The Morgan fingerprint density at radius 3 is 2.69 bits per heavy atom. The number of aromatic amines is 1. The molecule has 0 saturated carbocycles. The molecule has 5 nitrogen and oxygen atoms in total. The Labute approximate surface area is 153 Å². The fraction of sp³-hybridized carbons (Fsp3) is 0.238. The minimum atomic E-state index is -0.0103. The maximum atomic E-state index is 12.4. The maximum absolute atomic E-state index is 12.4. The van der Waals surface area contributed by atoms with Crippen LogP contribution in [-0.2, 0) is 0 Å². The fourth-order valence-corrected chi connectivity index (χ4v) is 3.30. The third-order valence-electron chi connectivity index (χ3n) is 4.81. The van der Waals surface area contributed by atoms with Gasteiger partial charge in [0.15, 0.2) is 5.82 Å². The van der Waals surface area contributed by atoms with E-state index in [-0.39, 0.29) is 11.9 Å². The van der Waals surface area contributed by atoms with Gasteiger partial charge in [-0.05, 0) is 31.0 Å². The van der Waals surface area contributed by atoms with Crippen LogP contribution >= 0.6 is 0 Å². The lowest BCUT2D eigenvalue weighted by molar-refractivity contribution is 0.0940. The molecule has 1 aliphatic rings. The van der Waals surface area contributed by atoms with E-state index in [1.807, 2.05) is 49.4 Å². The normalized spacial score (nSPS) is 16.7. The number of aryl methyl sites for hydroxylation is 1. The molecule has 1 amide bonds. The number of amides is 1. The number of nitrogens with zero attached hydrogens (tertiary/aromatic N) is 2. The van der Waals surface area contributed by atoms with Gasteiger partial charge in [0.1, 0.15) is 0 Å². The lowest BCUT2D eigenvalue weighted by Gasteiger charge is -2.16. The van der Waals surface area contributed by atoms with Gasteiger partial charge in [0.05, 0.1) is 5.69 Å². The highest BCUT2D eigenvalue weighted by Crippen LogP contribution is 2.24. The van der Waals surface area contributed by atoms with Crippen LogP contribution < -0.4 is 10.2 Å². The van der Waals surface area contributed by atoms with Gasteiger partial charge in [0.2, 0.25) is 0 Å². The Bertz CT molecular complexity index is 886. The van der Waals surface area contributed by atoms with Gasteiger partial charge in [-0.25, -0.2) is 0 Å². The van der Waals surface area contributed by atoms with Crippen molar-refractivity contribution in [3.63, 3.8) is 0 Å². The van der Waals surface area contributed by atoms with E-state index < -0.39 is 0 Å². The van der Waals surface area contributed by atoms with E-state index in [1.165, 1.54) is 0 Å². The topological polar surface area (TPSA) is 61.0 Å². The van der Waals surface area contributed by atoms with Gasteiger partial charge < -0.3 is 10.2 Å². The molecule has 2 N–H and O–H groups in total. The molecule has 2 aromatic carbocycles. The van der Waals surface area contributed by atoms with Crippen LogP contribution in [0.1, 0.15) is 22.3 Å². The van der Waals surface area contributed by atoms with Crippen LogP contribution in [0.25, 0.3) is 11.3 Å². The molecule has 1 atom stereocenters. The highest BCUT2D eigenvalue weighted by Gasteiger charge is 2.26. The van der Waals surface area contributed by atoms with E-state index in [9.17, 15) is 4.79 Å². The first-order chi connectivity index (χ1) is 12.7. The number of carbonyl (C=O) groups excluding carboxylic acids is 1. The number of carbonyl (C=O) groups is 1. The summed E-state index contributed by atoms with van der Waals surface area (Å²) in [6.07, 6.45) is 0.922. The lowest BCUT2D eigenvalue weighted by Crippen LogP contribution is -2.37. The summed E-state index contributed by atoms with van der Waals surface area (Å²) < 4.78 is 0. The van der Waals surface area contributed by atoms with Crippen molar-refractivity contribution in [2.24, 2.45) is 0 Å². The second kappa shape index (κ2) is 7.04. The summed E-state index contributed by atoms with van der Waals surface area (Å²) in [5.74, 6) is 0.916. The van der Waals surface area contributed by atoms with Gasteiger partial charge in [0, 0.05) is 30.8 Å². The van der Waals surface area contributed by atoms with Gasteiger partial charge >= 0.3 is 0 Å². The first-order valence-electron chi connectivity index (χ1n) is 8.92. The first kappa shape index (κ1) is 16.4. The van der Waals surface area contributed by atoms with Gasteiger partial charge in [0.25, 0.3) is 5.91 Å². The van der Waals surface area contributed by atoms with Crippen molar-refractivity contribution in [3.05, 3.63) is 71.8 Å². The van der Waals surface area contributed by atoms with E-state index in [1.54, 1.807) is 0 Å². The molecule has 1 fully saturated rings. The zero-order chi connectivity index (χ0) is 17.9. The van der Waals surface area contributed by atoms with Crippen molar-refractivity contribution in [2.45, 2.75) is 19.4 Å². The largest absolute Gasteiger partial charge is 0.353 e. The summed E-state index contributed by atoms with van der Waals surface area (Å²) in [5.41, 5.74) is 3.99. The predicted molar refractivity (Wildman–Crippen MR) is 103 cm³/mol. The van der Waals surface area contributed by atoms with Crippen molar-refractivity contribution in [1.82, 2.24) is 15.5 Å². The standard InChI is InChI=1S/C21H22N4O/c1-15-7-9-17(10-8-15)21(26)22-18-11-12-25(14-18)20-13-19(23-24-20)16-5-3-2-4-6-16/h2-10,13,18H,11-12,14H2,1H3,(H,22,26)(H,23,24). The summed E-state index contributed by atoms with van der Waals surface area (Å²) in [4.78, 5) is 14.6. The summed E-state index contributed by atoms with van der Waals surface area (Å²) >= 11 is 0. The van der Waals surface area contributed by atoms with Crippen LogP contribution in [0.15, 0.2) is 60.7 Å². The summed E-state index contributed by atoms with van der Waals surface area (Å²) in [6.45, 7) is 3.68. The molecule has 5 heteroatoms. The number of nitrogens with one attached hydrogen (secondary N) is 2. The molecule has 0 bridgehead atoms. The molecule has 3 aromatic rings. The molecule has 1 saturated heterocycles. The Hall–Kier alpha value is -3.08. The Kier molecular flexibility index (Phi) is 4.44. The summed E-state index contributed by atoms with van der Waals surface area (Å²) in [7, 11) is 0. The molecular formula is C21H22N4O. The van der Waals surface area contributed by atoms with Crippen LogP contribution in [0.3, 0.4) is 0 Å². The van der Waals surface area contributed by atoms with Crippen molar-refractivity contribution < 1.29 is 4.79 Å². The molecule has 0 radical (unpaired) electrons. The molecule has 4 rings (SSSR count). The van der Waals surface area contributed by atoms with E-state index in [2.05, 4.69) is 38.6 Å². The zero-order valence-electron chi connectivity index (χ0n) is 14.8. The third kappa shape index (κ3) is 3.47. The lowest BCUT2D eigenvalue weighted by atomic mass is 10.1. The van der Waals surface area contributed by atoms with E-state index in [4.69, 9.17) is 0 Å². The number of anilines is 1. The van der Waals surface area contributed by atoms with E-state index in [0.29, 0.717) is 5.56 Å². The van der Waals surface area contributed by atoms with Gasteiger partial charge in [-0.3, -0.25) is 9.89 Å². The minimum Gasteiger partial charge on any atom is -0.353 e. The van der Waals surface area contributed by atoms with Crippen molar-refractivity contribution in [1.29, 1.82) is 0 Å². The van der Waals surface area contributed by atoms with E-state index >= 15 is 0 Å². The molecule has 26 heavy (non-hydrogen) atoms. The highest BCUT2D eigenvalue weighted by atomic mass is 16.1. The second-order valence-electron chi connectivity index (χ2n) is 6.78. The van der Waals surface area contributed by atoms with Crippen LogP contribution in [0.2, 0.25) is 0 Å². The molecular weight excluding hydrogens is 324 g/mol. The minimum absolute atomic E-state index is 0.0103. The molecule has 0 spiro atoms. The average Bonchev–Trinajstić information content (AvgIpc) is 3.32. The molecule has 1 aromatic heterocycles. The van der Waals surface area contributed by atoms with Crippen LogP contribution in [0, 0.1) is 6.92 Å². The van der Waals surface area contributed by atoms with Gasteiger partial charge in [-0.15, -0.1) is 0 Å². The van der Waals surface area contributed by atoms with Crippen molar-refractivity contribution in [2.75, 3.05) is 18.0 Å². The maximum Gasteiger partial charge on any atom is 0.251 e. The third-order valence-corrected chi connectivity index (χ3v) is 4.81. The summed E-state index contributed by atoms with van der Waals surface area (Å²) in [5, 5.41) is 10.7.